The van der Waals surface area contributed by atoms with Crippen molar-refractivity contribution in [3.8, 4) is 0 Å². The summed E-state index contributed by atoms with van der Waals surface area (Å²) >= 11 is 0. The molecule has 0 aromatic rings. The zero-order valence-corrected chi connectivity index (χ0v) is 8.21. The van der Waals surface area contributed by atoms with E-state index in [0.29, 0.717) is 0 Å². The van der Waals surface area contributed by atoms with Gasteiger partial charge in [-0.25, -0.2) is 0 Å². The van der Waals surface area contributed by atoms with Crippen LogP contribution in [0.3, 0.4) is 0 Å². The van der Waals surface area contributed by atoms with E-state index in [-0.39, 0.29) is 5.92 Å². The molecule has 0 spiro atoms. The monoisotopic (exact) mass is 190 g/mol. The Labute approximate surface area is 78.1 Å². The fraction of sp³-hybridized carbons (Fsp3) is 1.00. The van der Waals surface area contributed by atoms with Crippen LogP contribution in [0.15, 0.2) is 0 Å². The summed E-state index contributed by atoms with van der Waals surface area (Å²) in [7, 11) is 0. The number of hydrogen-bond acceptors (Lipinski definition) is 4. The van der Waals surface area contributed by atoms with Crippen LogP contribution < -0.4 is 0 Å². The fourth-order valence-electron chi connectivity index (χ4n) is 1.63. The van der Waals surface area contributed by atoms with Crippen molar-refractivity contribution in [3.63, 3.8) is 0 Å². The van der Waals surface area contributed by atoms with Gasteiger partial charge < -0.3 is 20.1 Å². The quantitative estimate of drug-likeness (QED) is 0.522. The topological polar surface area (TPSA) is 69.9 Å². The summed E-state index contributed by atoms with van der Waals surface area (Å²) < 4.78 is 5.38. The lowest BCUT2D eigenvalue weighted by molar-refractivity contribution is -0.226. The molecule has 1 rings (SSSR count). The van der Waals surface area contributed by atoms with Gasteiger partial charge in [0.15, 0.2) is 0 Å². The van der Waals surface area contributed by atoms with Gasteiger partial charge >= 0.3 is 0 Å². The predicted molar refractivity (Wildman–Crippen MR) is 47.2 cm³/mol. The molecule has 4 heteroatoms. The fourth-order valence-corrected chi connectivity index (χ4v) is 1.63. The van der Waals surface area contributed by atoms with Gasteiger partial charge in [-0.15, -0.1) is 0 Å². The highest BCUT2D eigenvalue weighted by Gasteiger charge is 2.42. The van der Waals surface area contributed by atoms with Crippen LogP contribution in [-0.4, -0.2) is 45.8 Å². The summed E-state index contributed by atoms with van der Waals surface area (Å²) in [5, 5.41) is 28.4. The Kier molecular flexibility index (Phi) is 3.29. The Morgan fingerprint density at radius 3 is 2.00 bits per heavy atom. The SMILES string of the molecule is CC(C)[C@@H]1OC(C)[C@H](O)[C@H](O)C1O. The minimum Gasteiger partial charge on any atom is -0.388 e. The summed E-state index contributed by atoms with van der Waals surface area (Å²) in [6.07, 6.45) is -3.91. The second-order valence-electron chi connectivity index (χ2n) is 4.02. The molecular weight excluding hydrogens is 172 g/mol. The van der Waals surface area contributed by atoms with Crippen molar-refractivity contribution in [2.75, 3.05) is 0 Å². The molecule has 0 saturated carbocycles. The van der Waals surface area contributed by atoms with Crippen molar-refractivity contribution in [1.29, 1.82) is 0 Å². The molecule has 1 fully saturated rings. The van der Waals surface area contributed by atoms with E-state index in [0.717, 1.165) is 0 Å². The minimum absolute atomic E-state index is 0.125. The Morgan fingerprint density at radius 2 is 1.54 bits per heavy atom. The minimum atomic E-state index is -1.10. The molecule has 0 aliphatic carbocycles. The van der Waals surface area contributed by atoms with Crippen LogP contribution in [0.4, 0.5) is 0 Å². The van der Waals surface area contributed by atoms with Crippen molar-refractivity contribution < 1.29 is 20.1 Å². The van der Waals surface area contributed by atoms with Gasteiger partial charge in [0.1, 0.15) is 18.3 Å². The summed E-state index contributed by atoms with van der Waals surface area (Å²) in [6.45, 7) is 5.51. The van der Waals surface area contributed by atoms with Gasteiger partial charge in [-0.1, -0.05) is 13.8 Å². The summed E-state index contributed by atoms with van der Waals surface area (Å²) in [6, 6.07) is 0. The average molecular weight is 190 g/mol. The molecule has 0 radical (unpaired) electrons. The Balaban J connectivity index is 2.70. The molecule has 1 saturated heterocycles. The van der Waals surface area contributed by atoms with E-state index >= 15 is 0 Å². The number of rotatable bonds is 1. The molecular formula is C9H18O4. The lowest BCUT2D eigenvalue weighted by Crippen LogP contribution is -2.57. The highest BCUT2D eigenvalue weighted by Crippen LogP contribution is 2.25. The van der Waals surface area contributed by atoms with E-state index < -0.39 is 30.5 Å². The Bertz CT molecular complexity index is 171. The van der Waals surface area contributed by atoms with Gasteiger partial charge in [0.2, 0.25) is 0 Å². The molecule has 0 aromatic carbocycles. The van der Waals surface area contributed by atoms with Gasteiger partial charge in [0, 0.05) is 0 Å². The summed E-state index contributed by atoms with van der Waals surface area (Å²) in [4.78, 5) is 0. The molecule has 0 amide bonds. The molecule has 78 valence electrons. The van der Waals surface area contributed by atoms with Crippen molar-refractivity contribution in [3.05, 3.63) is 0 Å². The lowest BCUT2D eigenvalue weighted by atomic mass is 9.90. The predicted octanol–water partition coefficient (Wildman–Crippen LogP) is -0.488. The number of ether oxygens (including phenoxy) is 1. The normalized spacial score (nSPS) is 46.8. The van der Waals surface area contributed by atoms with Crippen LogP contribution in [0.25, 0.3) is 0 Å². The first-order valence-corrected chi connectivity index (χ1v) is 4.64. The van der Waals surface area contributed by atoms with Crippen molar-refractivity contribution >= 4 is 0 Å². The van der Waals surface area contributed by atoms with Gasteiger partial charge in [0.05, 0.1) is 12.2 Å². The molecule has 1 aliphatic heterocycles. The van der Waals surface area contributed by atoms with E-state index in [1.807, 2.05) is 13.8 Å². The largest absolute Gasteiger partial charge is 0.388 e. The lowest BCUT2D eigenvalue weighted by Gasteiger charge is -2.41. The first kappa shape index (κ1) is 10.9. The van der Waals surface area contributed by atoms with E-state index in [2.05, 4.69) is 0 Å². The Morgan fingerprint density at radius 1 is 1.00 bits per heavy atom. The molecule has 5 atom stereocenters. The highest BCUT2D eigenvalue weighted by atomic mass is 16.5. The third kappa shape index (κ3) is 2.02. The summed E-state index contributed by atoms with van der Waals surface area (Å²) in [5.41, 5.74) is 0. The van der Waals surface area contributed by atoms with Gasteiger partial charge in [0.25, 0.3) is 0 Å². The van der Waals surface area contributed by atoms with Crippen LogP contribution in [0.5, 0.6) is 0 Å². The van der Waals surface area contributed by atoms with Crippen LogP contribution in [0.2, 0.25) is 0 Å². The number of hydrogen-bond donors (Lipinski definition) is 3. The second-order valence-corrected chi connectivity index (χ2v) is 4.02. The highest BCUT2D eigenvalue weighted by molar-refractivity contribution is 4.91. The first-order chi connectivity index (χ1) is 5.95. The molecule has 3 N–H and O–H groups in total. The van der Waals surface area contributed by atoms with Crippen LogP contribution in [0.1, 0.15) is 20.8 Å². The van der Waals surface area contributed by atoms with E-state index in [1.165, 1.54) is 0 Å². The molecule has 2 unspecified atom stereocenters. The van der Waals surface area contributed by atoms with Crippen molar-refractivity contribution in [1.82, 2.24) is 0 Å². The van der Waals surface area contributed by atoms with E-state index in [4.69, 9.17) is 4.74 Å². The molecule has 0 aromatic heterocycles. The molecule has 1 aliphatic rings. The zero-order valence-electron chi connectivity index (χ0n) is 8.21. The molecule has 0 bridgehead atoms. The van der Waals surface area contributed by atoms with Crippen LogP contribution >= 0.6 is 0 Å². The maximum Gasteiger partial charge on any atom is 0.111 e. The zero-order chi connectivity index (χ0) is 10.2. The third-order valence-electron chi connectivity index (χ3n) is 2.55. The van der Waals surface area contributed by atoms with Gasteiger partial charge in [-0.05, 0) is 12.8 Å². The second kappa shape index (κ2) is 3.92. The number of aliphatic hydroxyl groups excluding tert-OH is 3. The van der Waals surface area contributed by atoms with E-state index in [1.54, 1.807) is 6.92 Å². The van der Waals surface area contributed by atoms with Crippen LogP contribution in [0, 0.1) is 5.92 Å². The molecule has 1 heterocycles. The first-order valence-electron chi connectivity index (χ1n) is 4.64. The molecule has 13 heavy (non-hydrogen) atoms. The van der Waals surface area contributed by atoms with Gasteiger partial charge in [-0.2, -0.15) is 0 Å². The standard InChI is InChI=1S/C9H18O4/c1-4(2)9-8(12)7(11)6(10)5(3)13-9/h4-12H,1-3H3/t5?,6-,7-,8?,9-/m0/s1. The van der Waals surface area contributed by atoms with Crippen molar-refractivity contribution in [2.45, 2.75) is 51.3 Å². The maximum absolute atomic E-state index is 9.56. The van der Waals surface area contributed by atoms with Gasteiger partial charge in [-0.3, -0.25) is 0 Å². The maximum atomic E-state index is 9.56. The molecule has 4 nitrogen and oxygen atoms in total. The van der Waals surface area contributed by atoms with Crippen molar-refractivity contribution in [2.24, 2.45) is 5.92 Å². The smallest absolute Gasteiger partial charge is 0.111 e. The number of aliphatic hydroxyl groups is 3. The average Bonchev–Trinajstić information content (AvgIpc) is 2.07. The third-order valence-corrected chi connectivity index (χ3v) is 2.55. The van der Waals surface area contributed by atoms with E-state index in [9.17, 15) is 15.3 Å². The van der Waals surface area contributed by atoms with Crippen LogP contribution in [-0.2, 0) is 4.74 Å². The Hall–Kier alpha value is -0.160. The summed E-state index contributed by atoms with van der Waals surface area (Å²) in [5.74, 6) is 0.125.